The van der Waals surface area contributed by atoms with Gasteiger partial charge in [-0.05, 0) is 38.0 Å². The summed E-state index contributed by atoms with van der Waals surface area (Å²) < 4.78 is 7.71. The van der Waals surface area contributed by atoms with Crippen LogP contribution in [-0.4, -0.2) is 17.0 Å². The summed E-state index contributed by atoms with van der Waals surface area (Å²) in [5.41, 5.74) is 3.94. The number of carbonyl (C=O) groups excluding carboxylic acids is 1. The van der Waals surface area contributed by atoms with Crippen molar-refractivity contribution in [1.29, 1.82) is 0 Å². The van der Waals surface area contributed by atoms with Crippen molar-refractivity contribution in [2.45, 2.75) is 27.2 Å². The highest BCUT2D eigenvalue weighted by molar-refractivity contribution is 5.98. The van der Waals surface area contributed by atoms with E-state index in [4.69, 9.17) is 4.74 Å². The molecule has 0 fully saturated rings. The van der Waals surface area contributed by atoms with Gasteiger partial charge in [0.15, 0.2) is 6.61 Å². The Morgan fingerprint density at radius 1 is 1.25 bits per heavy atom. The number of hydrogen-bond donors (Lipinski definition) is 0. The maximum absolute atomic E-state index is 12.3. The van der Waals surface area contributed by atoms with Crippen LogP contribution in [0.15, 0.2) is 30.3 Å². The summed E-state index contributed by atoms with van der Waals surface area (Å²) in [5.74, 6) is 0.825. The molecule has 106 valence electrons. The van der Waals surface area contributed by atoms with Crippen LogP contribution < -0.4 is 4.74 Å². The number of aryl methyl sites for hydroxylation is 2. The molecule has 1 aromatic carbocycles. The smallest absolute Gasteiger partial charge is 0.202 e. The lowest BCUT2D eigenvalue weighted by Gasteiger charge is -2.09. The summed E-state index contributed by atoms with van der Waals surface area (Å²) in [5, 5.41) is 0. The number of Topliss-reactive ketones (excluding diaryl/α,β-unsaturated/α-hetero) is 1. The van der Waals surface area contributed by atoms with Gasteiger partial charge in [-0.2, -0.15) is 0 Å². The van der Waals surface area contributed by atoms with Gasteiger partial charge in [-0.3, -0.25) is 4.79 Å². The summed E-state index contributed by atoms with van der Waals surface area (Å²) in [6, 6.07) is 9.77. The Kier molecular flexibility index (Phi) is 4.28. The molecule has 0 spiro atoms. The van der Waals surface area contributed by atoms with E-state index < -0.39 is 0 Å². The average molecular weight is 271 g/mol. The highest BCUT2D eigenvalue weighted by atomic mass is 16.5. The van der Waals surface area contributed by atoms with Gasteiger partial charge in [0, 0.05) is 24.0 Å². The van der Waals surface area contributed by atoms with Gasteiger partial charge in [0.05, 0.1) is 0 Å². The molecule has 0 N–H and O–H groups in total. The Hall–Kier alpha value is -2.03. The van der Waals surface area contributed by atoms with Crippen LogP contribution in [0, 0.1) is 13.8 Å². The minimum Gasteiger partial charge on any atom is -0.485 e. The Morgan fingerprint density at radius 2 is 1.95 bits per heavy atom. The van der Waals surface area contributed by atoms with E-state index in [-0.39, 0.29) is 12.4 Å². The zero-order valence-electron chi connectivity index (χ0n) is 12.6. The van der Waals surface area contributed by atoms with Gasteiger partial charge in [-0.25, -0.2) is 0 Å². The highest BCUT2D eigenvalue weighted by Gasteiger charge is 2.15. The minimum absolute atomic E-state index is 0.0251. The van der Waals surface area contributed by atoms with Crippen molar-refractivity contribution < 1.29 is 9.53 Å². The van der Waals surface area contributed by atoms with E-state index in [2.05, 4.69) is 6.92 Å². The molecule has 0 saturated heterocycles. The third kappa shape index (κ3) is 2.77. The molecule has 0 aliphatic rings. The predicted molar refractivity (Wildman–Crippen MR) is 80.5 cm³/mol. The molecule has 3 nitrogen and oxygen atoms in total. The lowest BCUT2D eigenvalue weighted by Crippen LogP contribution is -2.13. The maximum atomic E-state index is 12.3. The van der Waals surface area contributed by atoms with E-state index in [1.54, 1.807) is 0 Å². The van der Waals surface area contributed by atoms with Gasteiger partial charge in [0.25, 0.3) is 0 Å². The fraction of sp³-hybridized carbons (Fsp3) is 0.353. The van der Waals surface area contributed by atoms with Crippen molar-refractivity contribution in [3.8, 4) is 5.75 Å². The average Bonchev–Trinajstić information content (AvgIpc) is 2.72. The van der Waals surface area contributed by atoms with Crippen molar-refractivity contribution in [1.82, 2.24) is 4.57 Å². The Bertz CT molecular complexity index is 626. The van der Waals surface area contributed by atoms with Crippen molar-refractivity contribution >= 4 is 5.78 Å². The van der Waals surface area contributed by atoms with Crippen LogP contribution in [0.2, 0.25) is 0 Å². The molecular weight excluding hydrogens is 250 g/mol. The molecule has 3 heteroatoms. The molecule has 1 aromatic heterocycles. The first kappa shape index (κ1) is 14.4. The zero-order chi connectivity index (χ0) is 14.7. The van der Waals surface area contributed by atoms with Crippen LogP contribution in [0.3, 0.4) is 0 Å². The molecule has 0 radical (unpaired) electrons. The number of para-hydroxylation sites is 1. The number of carbonyl (C=O) groups is 1. The zero-order valence-corrected chi connectivity index (χ0v) is 12.6. The molecular formula is C17H21NO2. The number of benzene rings is 1. The number of rotatable bonds is 5. The molecule has 2 rings (SSSR count). The van der Waals surface area contributed by atoms with E-state index >= 15 is 0 Å². The molecule has 0 unspecified atom stereocenters. The minimum atomic E-state index is 0.0251. The second-order valence-corrected chi connectivity index (χ2v) is 5.02. The lowest BCUT2D eigenvalue weighted by molar-refractivity contribution is 0.0920. The highest BCUT2D eigenvalue weighted by Crippen LogP contribution is 2.19. The van der Waals surface area contributed by atoms with Crippen LogP contribution in [0.5, 0.6) is 5.75 Å². The number of hydrogen-bond acceptors (Lipinski definition) is 2. The number of ketones is 1. The largest absolute Gasteiger partial charge is 0.485 e. The van der Waals surface area contributed by atoms with Gasteiger partial charge in [-0.15, -0.1) is 0 Å². The van der Waals surface area contributed by atoms with Crippen LogP contribution in [0.25, 0.3) is 0 Å². The predicted octanol–water partition coefficient (Wildman–Crippen LogP) is 3.47. The quantitative estimate of drug-likeness (QED) is 0.780. The standard InChI is InChI=1S/C17H21NO2/c1-5-14-8-6-7-9-17(14)20-11-16(19)15-10-12(2)18(4)13(15)3/h6-10H,5,11H2,1-4H3. The SMILES string of the molecule is CCc1ccccc1OCC(=O)c1cc(C)n(C)c1C. The third-order valence-corrected chi connectivity index (χ3v) is 3.79. The summed E-state index contributed by atoms with van der Waals surface area (Å²) >= 11 is 0. The van der Waals surface area contributed by atoms with Crippen molar-refractivity contribution in [2.75, 3.05) is 6.61 Å². The Balaban J connectivity index is 2.11. The van der Waals surface area contributed by atoms with Gasteiger partial charge >= 0.3 is 0 Å². The second-order valence-electron chi connectivity index (χ2n) is 5.02. The Labute approximate surface area is 120 Å². The van der Waals surface area contributed by atoms with Gasteiger partial charge in [-0.1, -0.05) is 25.1 Å². The molecule has 2 aromatic rings. The first-order chi connectivity index (χ1) is 9.54. The van der Waals surface area contributed by atoms with Crippen molar-refractivity contribution in [3.05, 3.63) is 52.8 Å². The summed E-state index contributed by atoms with van der Waals surface area (Å²) in [7, 11) is 1.97. The van der Waals surface area contributed by atoms with Crippen LogP contribution >= 0.6 is 0 Å². The Morgan fingerprint density at radius 3 is 2.55 bits per heavy atom. The molecule has 0 amide bonds. The first-order valence-electron chi connectivity index (χ1n) is 6.91. The molecule has 0 bridgehead atoms. The van der Waals surface area contributed by atoms with Crippen molar-refractivity contribution in [2.24, 2.45) is 7.05 Å². The van der Waals surface area contributed by atoms with Gasteiger partial charge < -0.3 is 9.30 Å². The van der Waals surface area contributed by atoms with Crippen LogP contribution in [0.4, 0.5) is 0 Å². The summed E-state index contributed by atoms with van der Waals surface area (Å²) in [6.07, 6.45) is 0.897. The first-order valence-corrected chi connectivity index (χ1v) is 6.91. The van der Waals surface area contributed by atoms with Gasteiger partial charge in [0.2, 0.25) is 5.78 Å². The molecule has 1 heterocycles. The van der Waals surface area contributed by atoms with Crippen LogP contribution in [0.1, 0.15) is 34.2 Å². The monoisotopic (exact) mass is 271 g/mol. The third-order valence-electron chi connectivity index (χ3n) is 3.79. The number of ether oxygens (including phenoxy) is 1. The normalized spacial score (nSPS) is 10.6. The van der Waals surface area contributed by atoms with E-state index in [0.717, 1.165) is 34.7 Å². The second kappa shape index (κ2) is 5.95. The molecule has 20 heavy (non-hydrogen) atoms. The summed E-state index contributed by atoms with van der Waals surface area (Å²) in [4.78, 5) is 12.3. The topological polar surface area (TPSA) is 31.2 Å². The van der Waals surface area contributed by atoms with E-state index in [9.17, 15) is 4.79 Å². The van der Waals surface area contributed by atoms with Gasteiger partial charge in [0.1, 0.15) is 5.75 Å². The van der Waals surface area contributed by atoms with Crippen LogP contribution in [-0.2, 0) is 13.5 Å². The van der Waals surface area contributed by atoms with E-state index in [0.29, 0.717) is 0 Å². The lowest BCUT2D eigenvalue weighted by atomic mass is 10.1. The maximum Gasteiger partial charge on any atom is 0.202 e. The molecule has 0 aliphatic carbocycles. The summed E-state index contributed by atoms with van der Waals surface area (Å²) in [6.45, 7) is 6.12. The van der Waals surface area contributed by atoms with Crippen molar-refractivity contribution in [3.63, 3.8) is 0 Å². The fourth-order valence-electron chi connectivity index (χ4n) is 2.30. The fourth-order valence-corrected chi connectivity index (χ4v) is 2.30. The molecule has 0 aliphatic heterocycles. The molecule has 0 saturated carbocycles. The van der Waals surface area contributed by atoms with E-state index in [1.165, 1.54) is 0 Å². The number of aromatic nitrogens is 1. The molecule has 0 atom stereocenters. The van der Waals surface area contributed by atoms with E-state index in [1.807, 2.05) is 55.8 Å². The number of nitrogens with zero attached hydrogens (tertiary/aromatic N) is 1.